The number of nitrogen functional groups attached to an aromatic ring is 1. The molecule has 4 rings (SSSR count). The quantitative estimate of drug-likeness (QED) is 0.456. The van der Waals surface area contributed by atoms with Gasteiger partial charge in [-0.15, -0.1) is 0 Å². The fourth-order valence-corrected chi connectivity index (χ4v) is 2.83. The molecule has 0 aliphatic rings. The maximum Gasteiger partial charge on any atom is 0.417 e. The molecule has 0 amide bonds. The Kier molecular flexibility index (Phi) is 5.00. The lowest BCUT2D eigenvalue weighted by atomic mass is 10.2. The summed E-state index contributed by atoms with van der Waals surface area (Å²) in [5, 5.41) is 3.32. The van der Waals surface area contributed by atoms with Crippen LogP contribution in [0.15, 0.2) is 55.1 Å². The lowest BCUT2D eigenvalue weighted by Crippen LogP contribution is -2.08. The second kappa shape index (κ2) is 7.64. The van der Waals surface area contributed by atoms with E-state index in [2.05, 4.69) is 25.3 Å². The highest BCUT2D eigenvalue weighted by Crippen LogP contribution is 2.36. The van der Waals surface area contributed by atoms with Gasteiger partial charge in [0.05, 0.1) is 10.6 Å². The predicted molar refractivity (Wildman–Crippen MR) is 106 cm³/mol. The maximum absolute atomic E-state index is 12.8. The highest BCUT2D eigenvalue weighted by atomic mass is 35.5. The molecule has 0 atom stereocenters. The van der Waals surface area contributed by atoms with E-state index in [0.717, 1.165) is 11.5 Å². The highest BCUT2D eigenvalue weighted by molar-refractivity contribution is 6.33. The van der Waals surface area contributed by atoms with Gasteiger partial charge < -0.3 is 15.8 Å². The topological polar surface area (TPSA) is 98.8 Å². The van der Waals surface area contributed by atoms with Gasteiger partial charge in [0, 0.05) is 17.8 Å². The molecule has 3 aromatic heterocycles. The van der Waals surface area contributed by atoms with E-state index in [1.54, 1.807) is 24.4 Å². The Morgan fingerprint density at radius 1 is 1.00 bits per heavy atom. The van der Waals surface area contributed by atoms with Gasteiger partial charge in [-0.2, -0.15) is 18.2 Å². The number of nitrogens with one attached hydrogen (secondary N) is 1. The van der Waals surface area contributed by atoms with Crippen LogP contribution in [-0.4, -0.2) is 19.9 Å². The molecule has 0 bridgehead atoms. The molecule has 3 N–H and O–H groups in total. The molecule has 30 heavy (non-hydrogen) atoms. The molecule has 7 nitrogen and oxygen atoms in total. The van der Waals surface area contributed by atoms with Crippen LogP contribution in [0.1, 0.15) is 5.56 Å². The van der Waals surface area contributed by atoms with Crippen molar-refractivity contribution in [3.63, 3.8) is 0 Å². The Hall–Kier alpha value is -3.66. The van der Waals surface area contributed by atoms with Crippen molar-refractivity contribution in [3.8, 4) is 11.6 Å². The molecule has 0 radical (unpaired) electrons. The van der Waals surface area contributed by atoms with Crippen LogP contribution in [0.4, 0.5) is 30.5 Å². The minimum atomic E-state index is -4.56. The zero-order valence-corrected chi connectivity index (χ0v) is 15.7. The van der Waals surface area contributed by atoms with Crippen molar-refractivity contribution in [2.75, 3.05) is 11.1 Å². The minimum Gasteiger partial charge on any atom is -0.435 e. The monoisotopic (exact) mass is 432 g/mol. The van der Waals surface area contributed by atoms with Crippen LogP contribution in [0, 0.1) is 0 Å². The van der Waals surface area contributed by atoms with E-state index in [0.29, 0.717) is 17.5 Å². The first kappa shape index (κ1) is 19.6. The van der Waals surface area contributed by atoms with Crippen molar-refractivity contribution in [1.82, 2.24) is 19.9 Å². The smallest absolute Gasteiger partial charge is 0.417 e. The largest absolute Gasteiger partial charge is 0.435 e. The predicted octanol–water partition coefficient (Wildman–Crippen LogP) is 5.21. The number of para-hydroxylation sites is 1. The van der Waals surface area contributed by atoms with Gasteiger partial charge in [0.25, 0.3) is 0 Å². The average molecular weight is 433 g/mol. The van der Waals surface area contributed by atoms with Crippen molar-refractivity contribution in [3.05, 3.63) is 65.7 Å². The molecule has 0 saturated carbocycles. The summed E-state index contributed by atoms with van der Waals surface area (Å²) in [5.74, 6) is 0.485. The number of pyridine rings is 2. The van der Waals surface area contributed by atoms with Crippen molar-refractivity contribution < 1.29 is 17.9 Å². The van der Waals surface area contributed by atoms with Crippen molar-refractivity contribution in [2.24, 2.45) is 0 Å². The van der Waals surface area contributed by atoms with E-state index in [4.69, 9.17) is 22.1 Å². The molecule has 0 aliphatic heterocycles. The number of aromatic nitrogens is 4. The Bertz CT molecular complexity index is 1230. The van der Waals surface area contributed by atoms with E-state index >= 15 is 0 Å². The Labute approximate surface area is 172 Å². The number of hydrogen-bond acceptors (Lipinski definition) is 7. The molecule has 0 fully saturated rings. The third-order valence-electron chi connectivity index (χ3n) is 4.05. The number of benzene rings is 1. The summed E-state index contributed by atoms with van der Waals surface area (Å²) in [5.41, 5.74) is 5.75. The molecule has 1 aromatic carbocycles. The van der Waals surface area contributed by atoms with Gasteiger partial charge in [0.2, 0.25) is 5.88 Å². The molecule has 0 spiro atoms. The molecule has 3 heterocycles. The number of halogens is 4. The first-order valence-corrected chi connectivity index (χ1v) is 8.82. The molecular formula is C19H12ClF3N6O. The zero-order chi connectivity index (χ0) is 21.3. The van der Waals surface area contributed by atoms with Crippen molar-refractivity contribution in [1.29, 1.82) is 0 Å². The second-order valence-electron chi connectivity index (χ2n) is 6.05. The summed E-state index contributed by atoms with van der Waals surface area (Å²) in [6.45, 7) is 0. The number of anilines is 3. The highest BCUT2D eigenvalue weighted by Gasteiger charge is 2.31. The average Bonchev–Trinajstić information content (AvgIpc) is 2.72. The Morgan fingerprint density at radius 3 is 2.57 bits per heavy atom. The van der Waals surface area contributed by atoms with Crippen molar-refractivity contribution in [2.45, 2.75) is 6.18 Å². The summed E-state index contributed by atoms with van der Waals surface area (Å²) in [4.78, 5) is 16.0. The van der Waals surface area contributed by atoms with Gasteiger partial charge >= 0.3 is 6.18 Å². The number of nitrogens with zero attached hydrogens (tertiary/aromatic N) is 4. The van der Waals surface area contributed by atoms with Crippen molar-refractivity contribution >= 4 is 39.8 Å². The lowest BCUT2D eigenvalue weighted by molar-refractivity contribution is -0.137. The number of hydrogen-bond donors (Lipinski definition) is 2. The molecule has 0 aliphatic carbocycles. The maximum atomic E-state index is 12.8. The zero-order valence-electron chi connectivity index (χ0n) is 15.0. The molecular weight excluding hydrogens is 421 g/mol. The van der Waals surface area contributed by atoms with Crippen LogP contribution < -0.4 is 15.8 Å². The van der Waals surface area contributed by atoms with Crippen LogP contribution in [-0.2, 0) is 6.18 Å². The van der Waals surface area contributed by atoms with E-state index < -0.39 is 11.7 Å². The standard InChI is InChI=1S/C19H12ClF3N6O/c20-12-7-11(19(21,22)23)8-26-16(12)29-17-14(24)18(28-9-27-17)30-13-5-1-3-10-4-2-6-25-15(10)13/h1-9H,24H2,(H,26,27,28,29). The van der Waals surface area contributed by atoms with Crippen LogP contribution in [0.2, 0.25) is 5.02 Å². The van der Waals surface area contributed by atoms with E-state index in [9.17, 15) is 13.2 Å². The second-order valence-corrected chi connectivity index (χ2v) is 6.46. The number of fused-ring (bicyclic) bond motifs is 1. The van der Waals surface area contributed by atoms with Crippen LogP contribution >= 0.6 is 11.6 Å². The molecule has 152 valence electrons. The minimum absolute atomic E-state index is 0.0169. The number of rotatable bonds is 4. The van der Waals surface area contributed by atoms with Gasteiger partial charge in [0.15, 0.2) is 11.6 Å². The number of nitrogens with two attached hydrogens (primary N) is 1. The van der Waals surface area contributed by atoms with E-state index in [1.807, 2.05) is 12.1 Å². The Morgan fingerprint density at radius 2 is 1.80 bits per heavy atom. The summed E-state index contributed by atoms with van der Waals surface area (Å²) < 4.78 is 44.2. The number of ether oxygens (including phenoxy) is 1. The third-order valence-corrected chi connectivity index (χ3v) is 4.34. The van der Waals surface area contributed by atoms with E-state index in [1.165, 1.54) is 6.33 Å². The first-order chi connectivity index (χ1) is 14.3. The molecule has 0 unspecified atom stereocenters. The summed E-state index contributed by atoms with van der Waals surface area (Å²) in [6, 6.07) is 9.81. The van der Waals surface area contributed by atoms with Gasteiger partial charge in [-0.3, -0.25) is 4.98 Å². The summed E-state index contributed by atoms with van der Waals surface area (Å²) in [6.07, 6.45) is -1.09. The molecule has 0 saturated heterocycles. The SMILES string of the molecule is Nc1c(Nc2ncc(C(F)(F)F)cc2Cl)ncnc1Oc1cccc2cccnc12. The first-order valence-electron chi connectivity index (χ1n) is 8.45. The fourth-order valence-electron chi connectivity index (χ4n) is 2.62. The number of alkyl halides is 3. The Balaban J connectivity index is 1.64. The normalized spacial score (nSPS) is 11.5. The van der Waals surface area contributed by atoms with Gasteiger partial charge in [-0.1, -0.05) is 29.8 Å². The molecule has 11 heteroatoms. The molecule has 4 aromatic rings. The van der Waals surface area contributed by atoms with Gasteiger partial charge in [-0.25, -0.2) is 9.97 Å². The third kappa shape index (κ3) is 3.90. The van der Waals surface area contributed by atoms with Gasteiger partial charge in [0.1, 0.15) is 23.3 Å². The summed E-state index contributed by atoms with van der Waals surface area (Å²) >= 11 is 5.92. The van der Waals surface area contributed by atoms with E-state index in [-0.39, 0.29) is 28.2 Å². The lowest BCUT2D eigenvalue weighted by Gasteiger charge is -2.13. The summed E-state index contributed by atoms with van der Waals surface area (Å²) in [7, 11) is 0. The van der Waals surface area contributed by atoms with Gasteiger partial charge in [-0.05, 0) is 18.2 Å². The van der Waals surface area contributed by atoms with Crippen LogP contribution in [0.25, 0.3) is 10.9 Å². The van der Waals surface area contributed by atoms with Crippen LogP contribution in [0.5, 0.6) is 11.6 Å². The van der Waals surface area contributed by atoms with Crippen LogP contribution in [0.3, 0.4) is 0 Å². The fraction of sp³-hybridized carbons (Fsp3) is 0.0526.